The molecule has 1 saturated heterocycles. The molecular weight excluding hydrogens is 384 g/mol. The van der Waals surface area contributed by atoms with Crippen molar-refractivity contribution in [2.45, 2.75) is 39.7 Å². The Hall–Kier alpha value is -2.57. The summed E-state index contributed by atoms with van der Waals surface area (Å²) in [6, 6.07) is 11.0. The summed E-state index contributed by atoms with van der Waals surface area (Å²) >= 11 is 1.53. The van der Waals surface area contributed by atoms with Gasteiger partial charge in [0.15, 0.2) is 10.9 Å². The average Bonchev–Trinajstić information content (AvgIpc) is 3.35. The molecule has 2 aromatic carbocycles. The van der Waals surface area contributed by atoms with Gasteiger partial charge in [-0.2, -0.15) is 0 Å². The largest absolute Gasteiger partial charge is 0.376 e. The first-order chi connectivity index (χ1) is 13.9. The van der Waals surface area contributed by atoms with Gasteiger partial charge in [-0.25, -0.2) is 4.98 Å². The highest BCUT2D eigenvalue weighted by Gasteiger charge is 2.27. The second kappa shape index (κ2) is 8.05. The van der Waals surface area contributed by atoms with Gasteiger partial charge < -0.3 is 4.74 Å². The predicted molar refractivity (Wildman–Crippen MR) is 116 cm³/mol. The van der Waals surface area contributed by atoms with Crippen LogP contribution in [0.15, 0.2) is 36.4 Å². The molecule has 1 atom stereocenters. The van der Waals surface area contributed by atoms with E-state index < -0.39 is 0 Å². The summed E-state index contributed by atoms with van der Waals surface area (Å²) in [6.07, 6.45) is 1.97. The third-order valence-corrected chi connectivity index (χ3v) is 6.46. The second-order valence-corrected chi connectivity index (χ2v) is 8.59. The molecule has 1 aliphatic heterocycles. The molecule has 0 N–H and O–H groups in total. The maximum atomic E-state index is 13.4. The monoisotopic (exact) mass is 408 g/mol. The van der Waals surface area contributed by atoms with Gasteiger partial charge in [-0.15, -0.1) is 0 Å². The summed E-state index contributed by atoms with van der Waals surface area (Å²) in [5, 5.41) is 0.682. The van der Waals surface area contributed by atoms with Crippen LogP contribution in [-0.4, -0.2) is 35.9 Å². The first kappa shape index (κ1) is 19.7. The minimum Gasteiger partial charge on any atom is -0.376 e. The molecule has 150 valence electrons. The Labute approximate surface area is 174 Å². The van der Waals surface area contributed by atoms with Crippen LogP contribution in [0.3, 0.4) is 0 Å². The van der Waals surface area contributed by atoms with E-state index >= 15 is 0 Å². The smallest absolute Gasteiger partial charge is 0.260 e. The molecule has 5 nitrogen and oxygen atoms in total. The van der Waals surface area contributed by atoms with Crippen LogP contribution >= 0.6 is 11.3 Å². The number of aryl methyl sites for hydroxylation is 2. The van der Waals surface area contributed by atoms with Crippen molar-refractivity contribution in [1.29, 1.82) is 0 Å². The lowest BCUT2D eigenvalue weighted by molar-refractivity contribution is 0.0916. The Morgan fingerprint density at radius 2 is 1.83 bits per heavy atom. The number of amides is 1. The Morgan fingerprint density at radius 1 is 1.14 bits per heavy atom. The quantitative estimate of drug-likeness (QED) is 0.561. The van der Waals surface area contributed by atoms with E-state index in [0.717, 1.165) is 29.7 Å². The fourth-order valence-corrected chi connectivity index (χ4v) is 4.58. The van der Waals surface area contributed by atoms with Crippen LogP contribution < -0.4 is 4.90 Å². The molecule has 0 saturated carbocycles. The van der Waals surface area contributed by atoms with E-state index in [9.17, 15) is 9.59 Å². The summed E-state index contributed by atoms with van der Waals surface area (Å²) in [7, 11) is 0. The Bertz CT molecular complexity index is 1030. The average molecular weight is 409 g/mol. The van der Waals surface area contributed by atoms with Crippen LogP contribution in [-0.2, 0) is 4.74 Å². The topological polar surface area (TPSA) is 59.5 Å². The molecule has 2 heterocycles. The number of ketones is 1. The van der Waals surface area contributed by atoms with E-state index in [1.807, 2.05) is 0 Å². The van der Waals surface area contributed by atoms with Gasteiger partial charge in [0, 0.05) is 17.7 Å². The highest BCUT2D eigenvalue weighted by Crippen LogP contribution is 2.32. The van der Waals surface area contributed by atoms with E-state index in [1.165, 1.54) is 29.4 Å². The van der Waals surface area contributed by atoms with Gasteiger partial charge in [-0.3, -0.25) is 14.5 Å². The van der Waals surface area contributed by atoms with Crippen molar-refractivity contribution < 1.29 is 14.3 Å². The summed E-state index contributed by atoms with van der Waals surface area (Å²) in [6.45, 7) is 6.88. The zero-order valence-corrected chi connectivity index (χ0v) is 17.7. The zero-order chi connectivity index (χ0) is 20.5. The van der Waals surface area contributed by atoms with Crippen molar-refractivity contribution in [2.75, 3.05) is 18.1 Å². The van der Waals surface area contributed by atoms with Crippen LogP contribution in [0.2, 0.25) is 0 Å². The minimum absolute atomic E-state index is 0.0166. The number of ether oxygens (including phenoxy) is 1. The zero-order valence-electron chi connectivity index (χ0n) is 16.9. The number of benzene rings is 2. The van der Waals surface area contributed by atoms with Gasteiger partial charge in [-0.1, -0.05) is 23.5 Å². The van der Waals surface area contributed by atoms with Crippen LogP contribution in [0.4, 0.5) is 5.13 Å². The van der Waals surface area contributed by atoms with E-state index in [-0.39, 0.29) is 17.8 Å². The summed E-state index contributed by atoms with van der Waals surface area (Å²) in [5.41, 5.74) is 4.44. The van der Waals surface area contributed by atoms with Gasteiger partial charge in [0.2, 0.25) is 0 Å². The Morgan fingerprint density at radius 3 is 2.48 bits per heavy atom. The first-order valence-electron chi connectivity index (χ1n) is 9.84. The Balaban J connectivity index is 1.70. The molecule has 1 unspecified atom stereocenters. The lowest BCUT2D eigenvalue weighted by Crippen LogP contribution is -2.37. The molecule has 1 aromatic heterocycles. The molecule has 0 bridgehead atoms. The fraction of sp³-hybridized carbons (Fsp3) is 0.348. The van der Waals surface area contributed by atoms with Gasteiger partial charge in [0.05, 0.1) is 22.9 Å². The Kier molecular flexibility index (Phi) is 5.48. The molecule has 1 amide bonds. The molecule has 29 heavy (non-hydrogen) atoms. The fourth-order valence-electron chi connectivity index (χ4n) is 3.53. The normalized spacial score (nSPS) is 16.3. The first-order valence-corrected chi connectivity index (χ1v) is 10.7. The van der Waals surface area contributed by atoms with E-state index in [2.05, 4.69) is 26.0 Å². The lowest BCUT2D eigenvalue weighted by atomic mass is 10.1. The third-order valence-electron chi connectivity index (χ3n) is 5.42. The van der Waals surface area contributed by atoms with Crippen LogP contribution in [0, 0.1) is 13.8 Å². The molecule has 0 spiro atoms. The second-order valence-electron chi connectivity index (χ2n) is 7.58. The highest BCUT2D eigenvalue weighted by atomic mass is 32.1. The van der Waals surface area contributed by atoms with Crippen LogP contribution in [0.5, 0.6) is 0 Å². The maximum Gasteiger partial charge on any atom is 0.260 e. The summed E-state index contributed by atoms with van der Waals surface area (Å²) in [5.74, 6) is -0.139. The van der Waals surface area contributed by atoms with Gasteiger partial charge in [0.1, 0.15) is 0 Å². The number of anilines is 1. The van der Waals surface area contributed by atoms with Crippen molar-refractivity contribution in [1.82, 2.24) is 4.98 Å². The number of carbonyl (C=O) groups excluding carboxylic acids is 2. The standard InChI is InChI=1S/C23H24N2O3S/c1-14-11-20-21(12-15(14)2)29-23(24-20)25(13-19-5-4-10-28-19)22(27)18-8-6-17(7-9-18)16(3)26/h6-9,11-12,19H,4-5,10,13H2,1-3H3. The number of Topliss-reactive ketones (excluding diaryl/α,β-unsaturated/α-hetero) is 1. The van der Waals surface area contributed by atoms with Crippen molar-refractivity contribution in [2.24, 2.45) is 0 Å². The molecular formula is C23H24N2O3S. The number of fused-ring (bicyclic) bond motifs is 1. The minimum atomic E-state index is -0.122. The number of nitrogens with zero attached hydrogens (tertiary/aromatic N) is 2. The number of thiazole rings is 1. The van der Waals surface area contributed by atoms with Gasteiger partial charge in [-0.05, 0) is 69.0 Å². The molecule has 0 aliphatic carbocycles. The van der Waals surface area contributed by atoms with Crippen LogP contribution in [0.1, 0.15) is 51.6 Å². The van der Waals surface area contributed by atoms with Crippen molar-refractivity contribution in [3.05, 3.63) is 58.7 Å². The van der Waals surface area contributed by atoms with Crippen molar-refractivity contribution >= 4 is 38.4 Å². The lowest BCUT2D eigenvalue weighted by Gasteiger charge is -2.23. The van der Waals surface area contributed by atoms with Crippen LogP contribution in [0.25, 0.3) is 10.2 Å². The number of hydrogen-bond donors (Lipinski definition) is 0. The van der Waals surface area contributed by atoms with E-state index in [0.29, 0.717) is 22.8 Å². The number of aromatic nitrogens is 1. The van der Waals surface area contributed by atoms with Crippen molar-refractivity contribution in [3.8, 4) is 0 Å². The number of rotatable bonds is 5. The van der Waals surface area contributed by atoms with E-state index in [1.54, 1.807) is 29.2 Å². The van der Waals surface area contributed by atoms with E-state index in [4.69, 9.17) is 9.72 Å². The molecule has 1 fully saturated rings. The molecule has 0 radical (unpaired) electrons. The third kappa shape index (κ3) is 4.09. The van der Waals surface area contributed by atoms with Crippen molar-refractivity contribution in [3.63, 3.8) is 0 Å². The summed E-state index contributed by atoms with van der Waals surface area (Å²) < 4.78 is 6.86. The summed E-state index contributed by atoms with van der Waals surface area (Å²) in [4.78, 5) is 31.4. The van der Waals surface area contributed by atoms with Gasteiger partial charge >= 0.3 is 0 Å². The molecule has 6 heteroatoms. The predicted octanol–water partition coefficient (Wildman–Crippen LogP) is 4.94. The molecule has 3 aromatic rings. The van der Waals surface area contributed by atoms with Gasteiger partial charge in [0.25, 0.3) is 5.91 Å². The molecule has 1 aliphatic rings. The highest BCUT2D eigenvalue weighted by molar-refractivity contribution is 7.22. The SMILES string of the molecule is CC(=O)c1ccc(C(=O)N(CC2CCCO2)c2nc3cc(C)c(C)cc3s2)cc1. The maximum absolute atomic E-state index is 13.4. The molecule has 4 rings (SSSR count). The number of carbonyl (C=O) groups is 2. The number of hydrogen-bond acceptors (Lipinski definition) is 5.